The standard InChI is InChI=1S/C4H7NO4.C4H10O3/c1-4(5,2(6)7)3(8)9;5-1-3-7-4-2-6/h5H2,1H3,(H,6,7)(H,8,9);5-6H,1-4H2. The molecule has 8 heteroatoms. The molecular formula is C8H17NO7. The van der Waals surface area contributed by atoms with Gasteiger partial charge in [-0.3, -0.25) is 0 Å². The maximum absolute atomic E-state index is 9.96. The highest BCUT2D eigenvalue weighted by atomic mass is 16.5. The van der Waals surface area contributed by atoms with Crippen molar-refractivity contribution in [2.45, 2.75) is 12.5 Å². The monoisotopic (exact) mass is 239 g/mol. The number of hydrogen-bond donors (Lipinski definition) is 5. The molecule has 0 aromatic heterocycles. The summed E-state index contributed by atoms with van der Waals surface area (Å²) in [6.07, 6.45) is 0. The molecule has 0 saturated heterocycles. The number of aliphatic hydroxyl groups is 2. The summed E-state index contributed by atoms with van der Waals surface area (Å²) in [7, 11) is 0. The predicted molar refractivity (Wildman–Crippen MR) is 52.9 cm³/mol. The Labute approximate surface area is 92.3 Å². The molecule has 0 bridgehead atoms. The first-order chi connectivity index (χ1) is 7.30. The molecule has 8 nitrogen and oxygen atoms in total. The van der Waals surface area contributed by atoms with Gasteiger partial charge in [0.15, 0.2) is 0 Å². The van der Waals surface area contributed by atoms with E-state index in [9.17, 15) is 9.59 Å². The number of hydrogen-bond acceptors (Lipinski definition) is 6. The van der Waals surface area contributed by atoms with E-state index in [1.54, 1.807) is 0 Å². The minimum Gasteiger partial charge on any atom is -0.479 e. The fraction of sp³-hybridized carbons (Fsp3) is 0.750. The second kappa shape index (κ2) is 9.04. The van der Waals surface area contributed by atoms with Gasteiger partial charge in [0.1, 0.15) is 0 Å². The lowest BCUT2D eigenvalue weighted by molar-refractivity contribution is -0.155. The van der Waals surface area contributed by atoms with E-state index in [0.717, 1.165) is 6.92 Å². The smallest absolute Gasteiger partial charge is 0.335 e. The molecule has 0 rings (SSSR count). The normalized spacial score (nSPS) is 10.2. The summed E-state index contributed by atoms with van der Waals surface area (Å²) >= 11 is 0. The second-order valence-electron chi connectivity index (χ2n) is 2.87. The molecule has 16 heavy (non-hydrogen) atoms. The number of aliphatic hydroxyl groups excluding tert-OH is 2. The molecule has 0 aromatic carbocycles. The van der Waals surface area contributed by atoms with Crippen LogP contribution in [0, 0.1) is 0 Å². The first-order valence-electron chi connectivity index (χ1n) is 4.35. The van der Waals surface area contributed by atoms with Gasteiger partial charge in [-0.25, -0.2) is 9.59 Å². The summed E-state index contributed by atoms with van der Waals surface area (Å²) in [6, 6.07) is 0. The first-order valence-corrected chi connectivity index (χ1v) is 4.35. The highest BCUT2D eigenvalue weighted by Crippen LogP contribution is 1.97. The zero-order chi connectivity index (χ0) is 13.2. The van der Waals surface area contributed by atoms with Gasteiger partial charge < -0.3 is 30.9 Å². The van der Waals surface area contributed by atoms with Gasteiger partial charge in [-0.05, 0) is 6.92 Å². The van der Waals surface area contributed by atoms with E-state index in [4.69, 9.17) is 26.2 Å². The lowest BCUT2D eigenvalue weighted by Gasteiger charge is -2.11. The van der Waals surface area contributed by atoms with E-state index in [0.29, 0.717) is 13.2 Å². The lowest BCUT2D eigenvalue weighted by atomic mass is 10.1. The van der Waals surface area contributed by atoms with Crippen molar-refractivity contribution in [3.63, 3.8) is 0 Å². The molecule has 0 spiro atoms. The molecule has 6 N–H and O–H groups in total. The second-order valence-corrected chi connectivity index (χ2v) is 2.87. The van der Waals surface area contributed by atoms with Crippen molar-refractivity contribution in [2.75, 3.05) is 26.4 Å². The highest BCUT2D eigenvalue weighted by molar-refractivity contribution is 6.02. The summed E-state index contributed by atoms with van der Waals surface area (Å²) in [5.74, 6) is -3.09. The van der Waals surface area contributed by atoms with Crippen LogP contribution in [0.1, 0.15) is 6.92 Å². The van der Waals surface area contributed by atoms with E-state index >= 15 is 0 Å². The molecular weight excluding hydrogens is 222 g/mol. The summed E-state index contributed by atoms with van der Waals surface area (Å²) in [5.41, 5.74) is 2.64. The zero-order valence-electron chi connectivity index (χ0n) is 8.92. The van der Waals surface area contributed by atoms with Crippen LogP contribution in [0.15, 0.2) is 0 Å². The summed E-state index contributed by atoms with van der Waals surface area (Å²) in [6.45, 7) is 1.61. The largest absolute Gasteiger partial charge is 0.479 e. The van der Waals surface area contributed by atoms with Crippen molar-refractivity contribution in [2.24, 2.45) is 5.73 Å². The van der Waals surface area contributed by atoms with Crippen LogP contribution in [-0.4, -0.2) is 64.3 Å². The summed E-state index contributed by atoms with van der Waals surface area (Å²) in [4.78, 5) is 19.9. The van der Waals surface area contributed by atoms with Gasteiger partial charge in [0, 0.05) is 0 Å². The van der Waals surface area contributed by atoms with E-state index in [1.165, 1.54) is 0 Å². The fourth-order valence-electron chi connectivity index (χ4n) is 0.323. The van der Waals surface area contributed by atoms with Gasteiger partial charge in [-0.1, -0.05) is 0 Å². The average molecular weight is 239 g/mol. The van der Waals surface area contributed by atoms with Crippen LogP contribution < -0.4 is 5.73 Å². The highest BCUT2D eigenvalue weighted by Gasteiger charge is 2.36. The van der Waals surface area contributed by atoms with E-state index in [2.05, 4.69) is 4.74 Å². The number of carbonyl (C=O) groups is 2. The van der Waals surface area contributed by atoms with Gasteiger partial charge in [-0.15, -0.1) is 0 Å². The molecule has 0 amide bonds. The fourth-order valence-corrected chi connectivity index (χ4v) is 0.323. The van der Waals surface area contributed by atoms with Crippen molar-refractivity contribution < 1.29 is 34.8 Å². The average Bonchev–Trinajstić information content (AvgIpc) is 2.19. The topological polar surface area (TPSA) is 150 Å². The van der Waals surface area contributed by atoms with Crippen LogP contribution in [0.2, 0.25) is 0 Å². The molecule has 0 aromatic rings. The van der Waals surface area contributed by atoms with Crippen LogP contribution >= 0.6 is 0 Å². The van der Waals surface area contributed by atoms with E-state index in [1.807, 2.05) is 0 Å². The van der Waals surface area contributed by atoms with Gasteiger partial charge in [0.25, 0.3) is 0 Å². The third kappa shape index (κ3) is 8.12. The Kier molecular flexibility index (Phi) is 9.71. The van der Waals surface area contributed by atoms with Gasteiger partial charge in [0.2, 0.25) is 5.54 Å². The van der Waals surface area contributed by atoms with Gasteiger partial charge >= 0.3 is 11.9 Å². The Morgan fingerprint density at radius 2 is 1.44 bits per heavy atom. The molecule has 0 aliphatic carbocycles. The third-order valence-electron chi connectivity index (χ3n) is 1.36. The molecule has 96 valence electrons. The number of aliphatic carboxylic acids is 2. The summed E-state index contributed by atoms with van der Waals surface area (Å²) < 4.78 is 4.63. The van der Waals surface area contributed by atoms with Crippen molar-refractivity contribution >= 4 is 11.9 Å². The van der Waals surface area contributed by atoms with Crippen molar-refractivity contribution in [3.05, 3.63) is 0 Å². The van der Waals surface area contributed by atoms with E-state index < -0.39 is 17.5 Å². The molecule has 0 fully saturated rings. The number of ether oxygens (including phenoxy) is 1. The maximum Gasteiger partial charge on any atom is 0.335 e. The van der Waals surface area contributed by atoms with Gasteiger partial charge in [-0.2, -0.15) is 0 Å². The van der Waals surface area contributed by atoms with Crippen LogP contribution in [0.25, 0.3) is 0 Å². The Morgan fingerprint density at radius 1 is 1.12 bits per heavy atom. The maximum atomic E-state index is 9.96. The van der Waals surface area contributed by atoms with Crippen LogP contribution in [-0.2, 0) is 14.3 Å². The zero-order valence-corrected chi connectivity index (χ0v) is 8.92. The molecule has 0 heterocycles. The third-order valence-corrected chi connectivity index (χ3v) is 1.36. The van der Waals surface area contributed by atoms with Crippen LogP contribution in [0.4, 0.5) is 0 Å². The number of rotatable bonds is 6. The van der Waals surface area contributed by atoms with Crippen molar-refractivity contribution in [3.8, 4) is 0 Å². The lowest BCUT2D eigenvalue weighted by Crippen LogP contribution is -2.52. The molecule has 0 aliphatic rings. The molecule has 0 aliphatic heterocycles. The van der Waals surface area contributed by atoms with Crippen LogP contribution in [0.5, 0.6) is 0 Å². The quantitative estimate of drug-likeness (QED) is 0.260. The molecule has 0 radical (unpaired) electrons. The molecule has 0 saturated carbocycles. The minimum atomic E-state index is -2.17. The Balaban J connectivity index is 0. The Hall–Kier alpha value is -1.22. The number of carboxylic acid groups (broad SMARTS) is 2. The van der Waals surface area contributed by atoms with Crippen molar-refractivity contribution in [1.82, 2.24) is 0 Å². The molecule has 0 atom stereocenters. The van der Waals surface area contributed by atoms with Crippen LogP contribution in [0.3, 0.4) is 0 Å². The van der Waals surface area contributed by atoms with Crippen molar-refractivity contribution in [1.29, 1.82) is 0 Å². The predicted octanol–water partition coefficient (Wildman–Crippen LogP) is -2.14. The summed E-state index contributed by atoms with van der Waals surface area (Å²) in [5, 5.41) is 32.4. The van der Waals surface area contributed by atoms with Gasteiger partial charge in [0.05, 0.1) is 26.4 Å². The Morgan fingerprint density at radius 3 is 1.56 bits per heavy atom. The van der Waals surface area contributed by atoms with E-state index in [-0.39, 0.29) is 13.2 Å². The molecule has 0 unspecified atom stereocenters. The Bertz CT molecular complexity index is 196. The number of carboxylic acids is 2. The SMILES string of the molecule is CC(N)(C(=O)O)C(=O)O.OCCOCCO. The first kappa shape index (κ1) is 17.2. The minimum absolute atomic E-state index is 0.0278. The number of nitrogens with two attached hydrogens (primary N) is 1.